The van der Waals surface area contributed by atoms with E-state index in [2.05, 4.69) is 29.1 Å². The van der Waals surface area contributed by atoms with Gasteiger partial charge in [0.25, 0.3) is 0 Å². The lowest BCUT2D eigenvalue weighted by Crippen LogP contribution is -2.45. The van der Waals surface area contributed by atoms with Gasteiger partial charge in [0, 0.05) is 32.2 Å². The molecule has 0 aromatic heterocycles. The van der Waals surface area contributed by atoms with Crippen molar-refractivity contribution in [3.8, 4) is 0 Å². The van der Waals surface area contributed by atoms with Crippen molar-refractivity contribution in [2.75, 3.05) is 46.3 Å². The second-order valence-electron chi connectivity index (χ2n) is 6.41. The molecule has 3 nitrogen and oxygen atoms in total. The maximum Gasteiger partial charge on any atom is 0.0110 e. The molecule has 1 aliphatic carbocycles. The van der Waals surface area contributed by atoms with Crippen LogP contribution in [0.2, 0.25) is 0 Å². The van der Waals surface area contributed by atoms with Crippen LogP contribution in [0.5, 0.6) is 0 Å². The SMILES string of the molecule is CC1CCC(NCCCN2CCN(C)CC2)CC1. The van der Waals surface area contributed by atoms with Gasteiger partial charge in [-0.1, -0.05) is 6.92 Å². The van der Waals surface area contributed by atoms with Crippen molar-refractivity contribution in [2.24, 2.45) is 5.92 Å². The molecule has 0 bridgehead atoms. The molecular formula is C15H31N3. The maximum absolute atomic E-state index is 3.75. The van der Waals surface area contributed by atoms with Crippen molar-refractivity contribution >= 4 is 0 Å². The summed E-state index contributed by atoms with van der Waals surface area (Å²) in [6.07, 6.45) is 6.97. The quantitative estimate of drug-likeness (QED) is 0.754. The van der Waals surface area contributed by atoms with Crippen molar-refractivity contribution < 1.29 is 0 Å². The average molecular weight is 253 g/mol. The fourth-order valence-electron chi connectivity index (χ4n) is 3.14. The zero-order valence-corrected chi connectivity index (χ0v) is 12.3. The molecule has 0 spiro atoms. The fourth-order valence-corrected chi connectivity index (χ4v) is 3.14. The summed E-state index contributed by atoms with van der Waals surface area (Å²) in [5, 5.41) is 3.75. The highest BCUT2D eigenvalue weighted by molar-refractivity contribution is 4.75. The van der Waals surface area contributed by atoms with Crippen molar-refractivity contribution in [2.45, 2.75) is 45.1 Å². The first kappa shape index (κ1) is 14.3. The van der Waals surface area contributed by atoms with Gasteiger partial charge in [0.2, 0.25) is 0 Å². The maximum atomic E-state index is 3.75. The Balaban J connectivity index is 1.48. The van der Waals surface area contributed by atoms with E-state index in [-0.39, 0.29) is 0 Å². The summed E-state index contributed by atoms with van der Waals surface area (Å²) < 4.78 is 0. The molecule has 0 aromatic rings. The summed E-state index contributed by atoms with van der Waals surface area (Å²) in [4.78, 5) is 5.04. The number of likely N-dealkylation sites (N-methyl/N-ethyl adjacent to an activating group) is 1. The molecule has 2 rings (SSSR count). The van der Waals surface area contributed by atoms with E-state index < -0.39 is 0 Å². The Bertz CT molecular complexity index is 192. The van der Waals surface area contributed by atoms with Crippen molar-refractivity contribution in [3.63, 3.8) is 0 Å². The van der Waals surface area contributed by atoms with Gasteiger partial charge in [-0.15, -0.1) is 0 Å². The van der Waals surface area contributed by atoms with E-state index in [4.69, 9.17) is 0 Å². The Labute approximate surface area is 113 Å². The van der Waals surface area contributed by atoms with E-state index in [9.17, 15) is 0 Å². The highest BCUT2D eigenvalue weighted by atomic mass is 15.2. The minimum atomic E-state index is 0.814. The predicted octanol–water partition coefficient (Wildman–Crippen LogP) is 1.79. The summed E-state index contributed by atoms with van der Waals surface area (Å²) in [7, 11) is 2.23. The van der Waals surface area contributed by atoms with E-state index in [1.165, 1.54) is 71.4 Å². The summed E-state index contributed by atoms with van der Waals surface area (Å²) in [6, 6.07) is 0.814. The first-order valence-electron chi connectivity index (χ1n) is 7.88. The van der Waals surface area contributed by atoms with Gasteiger partial charge < -0.3 is 15.1 Å². The molecule has 1 N–H and O–H groups in total. The fraction of sp³-hybridized carbons (Fsp3) is 1.00. The third-order valence-corrected chi connectivity index (χ3v) is 4.70. The van der Waals surface area contributed by atoms with E-state index in [0.29, 0.717) is 0 Å². The van der Waals surface area contributed by atoms with E-state index >= 15 is 0 Å². The van der Waals surface area contributed by atoms with Crippen LogP contribution in [-0.2, 0) is 0 Å². The van der Waals surface area contributed by atoms with Gasteiger partial charge in [0.05, 0.1) is 0 Å². The Morgan fingerprint density at radius 3 is 2.33 bits per heavy atom. The Hall–Kier alpha value is -0.120. The van der Waals surface area contributed by atoms with Crippen LogP contribution in [-0.4, -0.2) is 62.2 Å². The van der Waals surface area contributed by atoms with Crippen LogP contribution in [0.4, 0.5) is 0 Å². The van der Waals surface area contributed by atoms with E-state index in [0.717, 1.165) is 12.0 Å². The Kier molecular flexibility index (Phi) is 5.93. The molecule has 1 aliphatic heterocycles. The summed E-state index contributed by atoms with van der Waals surface area (Å²) >= 11 is 0. The average Bonchev–Trinajstić information content (AvgIpc) is 2.39. The summed E-state index contributed by atoms with van der Waals surface area (Å²) in [6.45, 7) is 9.90. The van der Waals surface area contributed by atoms with Gasteiger partial charge >= 0.3 is 0 Å². The molecule has 3 heteroatoms. The number of piperazine rings is 1. The van der Waals surface area contributed by atoms with Gasteiger partial charge in [-0.2, -0.15) is 0 Å². The predicted molar refractivity (Wildman–Crippen MR) is 78.0 cm³/mol. The van der Waals surface area contributed by atoms with Crippen LogP contribution in [0.25, 0.3) is 0 Å². The monoisotopic (exact) mass is 253 g/mol. The van der Waals surface area contributed by atoms with Gasteiger partial charge in [-0.25, -0.2) is 0 Å². The summed E-state index contributed by atoms with van der Waals surface area (Å²) in [5.74, 6) is 0.966. The normalized spacial score (nSPS) is 31.7. The van der Waals surface area contributed by atoms with Gasteiger partial charge in [-0.3, -0.25) is 0 Å². The molecule has 2 fully saturated rings. The largest absolute Gasteiger partial charge is 0.314 e. The Morgan fingerprint density at radius 1 is 1.00 bits per heavy atom. The highest BCUT2D eigenvalue weighted by Crippen LogP contribution is 2.23. The number of nitrogens with zero attached hydrogens (tertiary/aromatic N) is 2. The second-order valence-corrected chi connectivity index (χ2v) is 6.41. The van der Waals surface area contributed by atoms with Crippen molar-refractivity contribution in [3.05, 3.63) is 0 Å². The number of nitrogens with one attached hydrogen (secondary N) is 1. The molecule has 0 aromatic carbocycles. The molecule has 1 saturated carbocycles. The topological polar surface area (TPSA) is 18.5 Å². The molecule has 1 saturated heterocycles. The van der Waals surface area contributed by atoms with Crippen molar-refractivity contribution in [1.82, 2.24) is 15.1 Å². The van der Waals surface area contributed by atoms with Crippen LogP contribution < -0.4 is 5.32 Å². The summed E-state index contributed by atoms with van der Waals surface area (Å²) in [5.41, 5.74) is 0. The zero-order valence-electron chi connectivity index (χ0n) is 12.3. The van der Waals surface area contributed by atoms with E-state index in [1.807, 2.05) is 0 Å². The molecule has 0 amide bonds. The third kappa shape index (κ3) is 4.87. The molecule has 2 aliphatic rings. The minimum Gasteiger partial charge on any atom is -0.314 e. The van der Waals surface area contributed by atoms with Gasteiger partial charge in [0.15, 0.2) is 0 Å². The molecule has 1 heterocycles. The van der Waals surface area contributed by atoms with Gasteiger partial charge in [-0.05, 0) is 58.2 Å². The standard InChI is InChI=1S/C15H31N3/c1-14-4-6-15(7-5-14)16-8-3-9-18-12-10-17(2)11-13-18/h14-16H,3-13H2,1-2H3. The zero-order chi connectivity index (χ0) is 12.8. The third-order valence-electron chi connectivity index (χ3n) is 4.70. The molecule has 0 radical (unpaired) electrons. The van der Waals surface area contributed by atoms with Crippen molar-refractivity contribution in [1.29, 1.82) is 0 Å². The smallest absolute Gasteiger partial charge is 0.0110 e. The lowest BCUT2D eigenvalue weighted by molar-refractivity contribution is 0.152. The minimum absolute atomic E-state index is 0.814. The number of rotatable bonds is 5. The first-order valence-corrected chi connectivity index (χ1v) is 7.88. The molecule has 0 unspecified atom stereocenters. The molecule has 0 atom stereocenters. The van der Waals surface area contributed by atoms with Crippen LogP contribution >= 0.6 is 0 Å². The lowest BCUT2D eigenvalue weighted by Gasteiger charge is -2.32. The molecular weight excluding hydrogens is 222 g/mol. The van der Waals surface area contributed by atoms with Crippen LogP contribution in [0.1, 0.15) is 39.0 Å². The molecule has 106 valence electrons. The number of hydrogen-bond acceptors (Lipinski definition) is 3. The second kappa shape index (κ2) is 7.46. The Morgan fingerprint density at radius 2 is 1.67 bits per heavy atom. The molecule has 18 heavy (non-hydrogen) atoms. The van der Waals surface area contributed by atoms with Crippen LogP contribution in [0.3, 0.4) is 0 Å². The van der Waals surface area contributed by atoms with E-state index in [1.54, 1.807) is 0 Å². The van der Waals surface area contributed by atoms with Crippen LogP contribution in [0, 0.1) is 5.92 Å². The van der Waals surface area contributed by atoms with Crippen LogP contribution in [0.15, 0.2) is 0 Å². The first-order chi connectivity index (χ1) is 8.74. The highest BCUT2D eigenvalue weighted by Gasteiger charge is 2.17. The number of hydrogen-bond donors (Lipinski definition) is 1. The lowest BCUT2D eigenvalue weighted by atomic mass is 9.87. The van der Waals surface area contributed by atoms with Gasteiger partial charge in [0.1, 0.15) is 0 Å².